The first-order valence-corrected chi connectivity index (χ1v) is 34.5. The SMILES string of the molecule is Cc1ccc(-c2cc(-c3ccc(C#N)cc3)cc(N(c3ccc([Si](C)(C)C)cc3)c3ccc4ccc5c(N(c6ccc([Si](C)(C)C)cc6)c6cc(-c7ccc(C#N)cc7)cc(-c7ccc(C#N)cc7)c6)ccc6ccc3c4c65)c2)cc1. The number of aryl methyl sites for hydroxylation is 1. The van der Waals surface area contributed by atoms with Crippen LogP contribution in [0.5, 0.6) is 0 Å². The summed E-state index contributed by atoms with van der Waals surface area (Å²) in [7, 11) is -3.30. The number of anilines is 6. The lowest BCUT2D eigenvalue weighted by Gasteiger charge is -2.31. The fraction of sp³-hybridized carbons (Fsp3) is 0.0946. The van der Waals surface area contributed by atoms with Gasteiger partial charge in [-0.2, -0.15) is 15.8 Å². The zero-order valence-electron chi connectivity index (χ0n) is 46.7. The summed E-state index contributed by atoms with van der Waals surface area (Å²) in [6.07, 6.45) is 0. The Labute approximate surface area is 477 Å². The zero-order chi connectivity index (χ0) is 56.2. The third-order valence-electron chi connectivity index (χ3n) is 15.9. The Morgan fingerprint density at radius 3 is 0.889 bits per heavy atom. The van der Waals surface area contributed by atoms with Gasteiger partial charge >= 0.3 is 0 Å². The van der Waals surface area contributed by atoms with Crippen molar-refractivity contribution < 1.29 is 0 Å². The van der Waals surface area contributed by atoms with Crippen LogP contribution < -0.4 is 20.2 Å². The van der Waals surface area contributed by atoms with Gasteiger partial charge in [-0.3, -0.25) is 0 Å². The Morgan fingerprint density at radius 2 is 0.593 bits per heavy atom. The summed E-state index contributed by atoms with van der Waals surface area (Å²) >= 11 is 0. The van der Waals surface area contributed by atoms with Crippen molar-refractivity contribution in [3.63, 3.8) is 0 Å². The molecule has 0 fully saturated rings. The van der Waals surface area contributed by atoms with E-state index in [2.05, 4.69) is 244 Å². The summed E-state index contributed by atoms with van der Waals surface area (Å²) in [6.45, 7) is 16.5. The molecule has 0 N–H and O–H groups in total. The minimum absolute atomic E-state index is 0.606. The van der Waals surface area contributed by atoms with Crippen molar-refractivity contribution in [2.45, 2.75) is 46.2 Å². The van der Waals surface area contributed by atoms with Gasteiger partial charge in [-0.25, -0.2) is 0 Å². The van der Waals surface area contributed by atoms with Crippen LogP contribution in [0.2, 0.25) is 39.3 Å². The van der Waals surface area contributed by atoms with E-state index in [-0.39, 0.29) is 0 Å². The molecule has 0 aliphatic rings. The molecule has 5 nitrogen and oxygen atoms in total. The van der Waals surface area contributed by atoms with Crippen LogP contribution in [-0.2, 0) is 0 Å². The number of hydrogen-bond donors (Lipinski definition) is 0. The summed E-state index contributed by atoms with van der Waals surface area (Å²) in [6, 6.07) is 89.6. The monoisotopic (exact) mass is 1070 g/mol. The van der Waals surface area contributed by atoms with Gasteiger partial charge < -0.3 is 9.80 Å². The van der Waals surface area contributed by atoms with E-state index < -0.39 is 16.1 Å². The summed E-state index contributed by atoms with van der Waals surface area (Å²) in [5.41, 5.74) is 17.6. The van der Waals surface area contributed by atoms with E-state index in [1.165, 1.54) is 26.7 Å². The van der Waals surface area contributed by atoms with E-state index in [0.29, 0.717) is 16.7 Å². The van der Waals surface area contributed by atoms with Crippen LogP contribution in [0.15, 0.2) is 231 Å². The number of nitrogens with zero attached hydrogens (tertiary/aromatic N) is 5. The third-order valence-corrected chi connectivity index (χ3v) is 20.0. The van der Waals surface area contributed by atoms with Gasteiger partial charge in [0, 0.05) is 33.5 Å². The Hall–Kier alpha value is -9.82. The second-order valence-corrected chi connectivity index (χ2v) is 33.5. The molecule has 0 radical (unpaired) electrons. The molecular weight excluding hydrogens is 1020 g/mol. The van der Waals surface area contributed by atoms with Crippen LogP contribution in [0.1, 0.15) is 22.3 Å². The van der Waals surface area contributed by atoms with Crippen molar-refractivity contribution in [3.8, 4) is 62.7 Å². The Bertz CT molecular complexity index is 4400. The first-order chi connectivity index (χ1) is 39.1. The highest BCUT2D eigenvalue weighted by atomic mass is 28.3. The maximum absolute atomic E-state index is 9.78. The molecule has 0 unspecified atom stereocenters. The molecule has 81 heavy (non-hydrogen) atoms. The van der Waals surface area contributed by atoms with Crippen molar-refractivity contribution in [2.75, 3.05) is 9.80 Å². The average Bonchev–Trinajstić information content (AvgIpc) is 3.61. The minimum Gasteiger partial charge on any atom is -0.310 e. The van der Waals surface area contributed by atoms with Crippen LogP contribution >= 0.6 is 0 Å². The molecule has 0 aliphatic carbocycles. The quantitative estimate of drug-likeness (QED) is 0.0900. The second-order valence-electron chi connectivity index (χ2n) is 23.3. The van der Waals surface area contributed by atoms with Gasteiger partial charge in [-0.05, 0) is 182 Å². The second kappa shape index (κ2) is 20.8. The van der Waals surface area contributed by atoms with E-state index in [4.69, 9.17) is 0 Å². The van der Waals surface area contributed by atoms with Gasteiger partial charge in [0.25, 0.3) is 0 Å². The lowest BCUT2D eigenvalue weighted by Crippen LogP contribution is -2.37. The highest BCUT2D eigenvalue weighted by molar-refractivity contribution is 6.89. The number of rotatable bonds is 12. The molecule has 0 aliphatic heterocycles. The molecular formula is C74H59N5Si2. The van der Waals surface area contributed by atoms with Crippen molar-refractivity contribution in [3.05, 3.63) is 253 Å². The van der Waals surface area contributed by atoms with Crippen LogP contribution in [0.25, 0.3) is 76.8 Å². The topological polar surface area (TPSA) is 77.8 Å². The van der Waals surface area contributed by atoms with Crippen molar-refractivity contribution in [2.24, 2.45) is 0 Å². The van der Waals surface area contributed by atoms with Crippen LogP contribution in [0, 0.1) is 40.9 Å². The van der Waals surface area contributed by atoms with Gasteiger partial charge in [0.05, 0.1) is 62.4 Å². The standard InChI is InChI=1S/C74H59N5Si2/c1-49-8-16-53(17-9-49)59-40-60(54-18-10-50(46-75)11-19-54)43-65(42-59)78(63-28-32-67(33-29-63)80(2,3)4)71-38-26-57-25-37-70-72(39-27-58-24-36-69(71)73(57)74(58)70)79(64-30-34-68(35-31-64)81(5,6)7)66-44-61(55-20-12-51(47-76)13-21-55)41-62(45-66)56-22-14-52(48-77)15-23-56/h8-45H,1-7H3. The third kappa shape index (κ3) is 10.1. The largest absolute Gasteiger partial charge is 0.310 e. The molecule has 0 saturated carbocycles. The minimum atomic E-state index is -1.66. The van der Waals surface area contributed by atoms with E-state index >= 15 is 0 Å². The molecule has 7 heteroatoms. The Kier molecular flexibility index (Phi) is 13.3. The first-order valence-electron chi connectivity index (χ1n) is 27.5. The summed E-state index contributed by atoms with van der Waals surface area (Å²) in [5.74, 6) is 0. The summed E-state index contributed by atoms with van der Waals surface area (Å²) < 4.78 is 0. The number of benzene rings is 12. The molecule has 0 amide bonds. The van der Waals surface area contributed by atoms with E-state index in [1.807, 2.05) is 60.7 Å². The van der Waals surface area contributed by atoms with Gasteiger partial charge in [0.1, 0.15) is 0 Å². The molecule has 0 spiro atoms. The van der Waals surface area contributed by atoms with Crippen LogP contribution in [0.4, 0.5) is 34.1 Å². The van der Waals surface area contributed by atoms with E-state index in [1.54, 1.807) is 0 Å². The molecule has 0 heterocycles. The lowest BCUT2D eigenvalue weighted by molar-refractivity contribution is 1.30. The molecule has 12 aromatic rings. The highest BCUT2D eigenvalue weighted by Gasteiger charge is 2.26. The van der Waals surface area contributed by atoms with Crippen molar-refractivity contribution in [1.82, 2.24) is 0 Å². The molecule has 0 atom stereocenters. The first kappa shape index (κ1) is 51.9. The molecule has 388 valence electrons. The zero-order valence-corrected chi connectivity index (χ0v) is 48.7. The maximum Gasteiger partial charge on any atom is 0.0991 e. The smallest absolute Gasteiger partial charge is 0.0991 e. The van der Waals surface area contributed by atoms with Gasteiger partial charge in [0.15, 0.2) is 0 Å². The van der Waals surface area contributed by atoms with Crippen LogP contribution in [-0.4, -0.2) is 16.1 Å². The predicted molar refractivity (Wildman–Crippen MR) is 346 cm³/mol. The van der Waals surface area contributed by atoms with Crippen molar-refractivity contribution >= 4 is 93.0 Å². The van der Waals surface area contributed by atoms with E-state index in [9.17, 15) is 15.8 Å². The molecule has 0 bridgehead atoms. The molecule has 12 rings (SSSR count). The maximum atomic E-state index is 9.78. The van der Waals surface area contributed by atoms with Crippen LogP contribution in [0.3, 0.4) is 0 Å². The Morgan fingerprint density at radius 1 is 0.296 bits per heavy atom. The molecule has 0 aromatic heterocycles. The highest BCUT2D eigenvalue weighted by Crippen LogP contribution is 2.49. The lowest BCUT2D eigenvalue weighted by atomic mass is 9.91. The fourth-order valence-electron chi connectivity index (χ4n) is 11.3. The summed E-state index contributed by atoms with van der Waals surface area (Å²) in [4.78, 5) is 4.85. The predicted octanol–water partition coefficient (Wildman–Crippen LogP) is 19.2. The van der Waals surface area contributed by atoms with Gasteiger partial charge in [-0.15, -0.1) is 0 Å². The van der Waals surface area contributed by atoms with Gasteiger partial charge in [-0.1, -0.05) is 177 Å². The van der Waals surface area contributed by atoms with E-state index in [0.717, 1.165) is 100 Å². The number of hydrogen-bond acceptors (Lipinski definition) is 5. The molecule has 0 saturated heterocycles. The fourth-order valence-corrected chi connectivity index (χ4v) is 13.7. The number of nitriles is 3. The normalized spacial score (nSPS) is 11.6. The summed E-state index contributed by atoms with van der Waals surface area (Å²) in [5, 5.41) is 39.0. The Balaban J connectivity index is 1.11. The average molecular weight is 1070 g/mol. The molecule has 12 aromatic carbocycles. The van der Waals surface area contributed by atoms with Crippen molar-refractivity contribution in [1.29, 1.82) is 15.8 Å². The van der Waals surface area contributed by atoms with Gasteiger partial charge in [0.2, 0.25) is 0 Å².